The van der Waals surface area contributed by atoms with E-state index in [4.69, 9.17) is 11.6 Å². The van der Waals surface area contributed by atoms with Crippen molar-refractivity contribution in [3.8, 4) is 0 Å². The minimum absolute atomic E-state index is 0.217. The fraction of sp³-hybridized carbons (Fsp3) is 0.571. The van der Waals surface area contributed by atoms with E-state index in [0.717, 1.165) is 12.2 Å². The monoisotopic (exact) mass is 314 g/mol. The fourth-order valence-electron chi connectivity index (χ4n) is 2.42. The van der Waals surface area contributed by atoms with Crippen LogP contribution in [0.3, 0.4) is 0 Å². The second-order valence-electron chi connectivity index (χ2n) is 5.58. The molecule has 0 atom stereocenters. The first kappa shape index (κ1) is 14.2. The van der Waals surface area contributed by atoms with Crippen LogP contribution in [0.25, 0.3) is 0 Å². The van der Waals surface area contributed by atoms with Crippen molar-refractivity contribution in [1.82, 2.24) is 5.32 Å². The molecule has 1 aromatic carbocycles. The van der Waals surface area contributed by atoms with Gasteiger partial charge in [-0.25, -0.2) is 8.42 Å². The smallest absolute Gasteiger partial charge is 0.153 e. The molecule has 0 amide bonds. The number of hydrogen-bond acceptors (Lipinski definition) is 4. The lowest BCUT2D eigenvalue weighted by Crippen LogP contribution is -2.40. The zero-order valence-corrected chi connectivity index (χ0v) is 12.9. The van der Waals surface area contributed by atoms with Crippen LogP contribution in [-0.4, -0.2) is 39.1 Å². The number of halogens is 1. The highest BCUT2D eigenvalue weighted by Crippen LogP contribution is 2.28. The van der Waals surface area contributed by atoms with Crippen LogP contribution in [-0.2, 0) is 16.4 Å². The number of rotatable bonds is 4. The van der Waals surface area contributed by atoms with Gasteiger partial charge in [0.25, 0.3) is 0 Å². The lowest BCUT2D eigenvalue weighted by molar-refractivity contribution is 0.587. The van der Waals surface area contributed by atoms with Crippen molar-refractivity contribution >= 4 is 27.1 Å². The first-order chi connectivity index (χ1) is 9.53. The molecular formula is C14H19ClN2O2S. The SMILES string of the molecule is O=S1(=O)CCN(c2ccc(CNC3CC3)cc2Cl)CC1. The summed E-state index contributed by atoms with van der Waals surface area (Å²) in [5.41, 5.74) is 2.12. The summed E-state index contributed by atoms with van der Waals surface area (Å²) in [6, 6.07) is 6.74. The van der Waals surface area contributed by atoms with Crippen LogP contribution in [0.2, 0.25) is 5.02 Å². The highest BCUT2D eigenvalue weighted by molar-refractivity contribution is 7.91. The van der Waals surface area contributed by atoms with Gasteiger partial charge in [-0.15, -0.1) is 0 Å². The molecule has 20 heavy (non-hydrogen) atoms. The van der Waals surface area contributed by atoms with Crippen LogP contribution in [0.1, 0.15) is 18.4 Å². The van der Waals surface area contributed by atoms with Crippen molar-refractivity contribution < 1.29 is 8.42 Å². The summed E-state index contributed by atoms with van der Waals surface area (Å²) in [6.07, 6.45) is 2.54. The predicted molar refractivity (Wildman–Crippen MR) is 82.2 cm³/mol. The molecule has 1 aliphatic carbocycles. The Morgan fingerprint density at radius 2 is 1.95 bits per heavy atom. The molecule has 1 saturated carbocycles. The van der Waals surface area contributed by atoms with Gasteiger partial charge in [-0.1, -0.05) is 17.7 Å². The molecule has 2 aliphatic rings. The lowest BCUT2D eigenvalue weighted by Gasteiger charge is -2.29. The van der Waals surface area contributed by atoms with E-state index in [0.29, 0.717) is 24.2 Å². The van der Waals surface area contributed by atoms with Gasteiger partial charge in [0.15, 0.2) is 9.84 Å². The third-order valence-electron chi connectivity index (χ3n) is 3.87. The average molecular weight is 315 g/mol. The summed E-state index contributed by atoms with van der Waals surface area (Å²) in [4.78, 5) is 2.06. The van der Waals surface area contributed by atoms with E-state index in [-0.39, 0.29) is 11.5 Å². The van der Waals surface area contributed by atoms with Gasteiger partial charge in [0.2, 0.25) is 0 Å². The fourth-order valence-corrected chi connectivity index (χ4v) is 3.94. The van der Waals surface area contributed by atoms with Crippen LogP contribution in [0.5, 0.6) is 0 Å². The third-order valence-corrected chi connectivity index (χ3v) is 5.78. The summed E-state index contributed by atoms with van der Waals surface area (Å²) >= 11 is 6.35. The maximum atomic E-state index is 11.5. The van der Waals surface area contributed by atoms with Gasteiger partial charge in [-0.2, -0.15) is 0 Å². The molecule has 0 bridgehead atoms. The van der Waals surface area contributed by atoms with Crippen LogP contribution < -0.4 is 10.2 Å². The molecule has 1 saturated heterocycles. The Bertz CT molecular complexity index is 585. The van der Waals surface area contributed by atoms with E-state index in [1.165, 1.54) is 18.4 Å². The molecule has 1 aromatic rings. The number of anilines is 1. The summed E-state index contributed by atoms with van der Waals surface area (Å²) in [7, 11) is -2.85. The van der Waals surface area contributed by atoms with Crippen LogP contribution in [0, 0.1) is 0 Å². The predicted octanol–water partition coefficient (Wildman–Crippen LogP) is 1.83. The molecule has 1 N–H and O–H groups in total. The first-order valence-electron chi connectivity index (χ1n) is 7.01. The van der Waals surface area contributed by atoms with Crippen LogP contribution >= 0.6 is 11.6 Å². The molecular weight excluding hydrogens is 296 g/mol. The Morgan fingerprint density at radius 1 is 1.25 bits per heavy atom. The minimum atomic E-state index is -2.85. The zero-order valence-electron chi connectivity index (χ0n) is 11.3. The van der Waals surface area contributed by atoms with Crippen molar-refractivity contribution in [3.63, 3.8) is 0 Å². The number of benzene rings is 1. The Kier molecular flexibility index (Phi) is 3.93. The average Bonchev–Trinajstić information content (AvgIpc) is 3.21. The Hall–Kier alpha value is -0.780. The van der Waals surface area contributed by atoms with Crippen LogP contribution in [0.4, 0.5) is 5.69 Å². The van der Waals surface area contributed by atoms with Crippen molar-refractivity contribution in [1.29, 1.82) is 0 Å². The molecule has 0 aromatic heterocycles. The van der Waals surface area contributed by atoms with Gasteiger partial charge < -0.3 is 10.2 Å². The quantitative estimate of drug-likeness (QED) is 0.921. The normalized spacial score (nSPS) is 21.9. The number of sulfone groups is 1. The van der Waals surface area contributed by atoms with E-state index >= 15 is 0 Å². The Balaban J connectivity index is 1.67. The first-order valence-corrected chi connectivity index (χ1v) is 9.21. The Morgan fingerprint density at radius 3 is 2.55 bits per heavy atom. The molecule has 110 valence electrons. The summed E-state index contributed by atoms with van der Waals surface area (Å²) < 4.78 is 22.9. The summed E-state index contributed by atoms with van der Waals surface area (Å²) in [5.74, 6) is 0.433. The van der Waals surface area contributed by atoms with E-state index in [9.17, 15) is 8.42 Å². The van der Waals surface area contributed by atoms with E-state index < -0.39 is 9.84 Å². The molecule has 4 nitrogen and oxygen atoms in total. The highest BCUT2D eigenvalue weighted by atomic mass is 35.5. The summed E-state index contributed by atoms with van der Waals surface area (Å²) in [6.45, 7) is 1.91. The standard InChI is InChI=1S/C14H19ClN2O2S/c15-13-9-11(10-16-12-2-3-12)1-4-14(13)17-5-7-20(18,19)8-6-17/h1,4,9,12,16H,2-3,5-8,10H2. The van der Waals surface area contributed by atoms with Crippen molar-refractivity contribution in [3.05, 3.63) is 28.8 Å². The topological polar surface area (TPSA) is 49.4 Å². The van der Waals surface area contributed by atoms with Gasteiger partial charge in [0, 0.05) is 25.7 Å². The third kappa shape index (κ3) is 3.45. The zero-order chi connectivity index (χ0) is 14.2. The minimum Gasteiger partial charge on any atom is -0.368 e. The molecule has 2 fully saturated rings. The summed E-state index contributed by atoms with van der Waals surface area (Å²) in [5, 5.41) is 4.17. The van der Waals surface area contributed by atoms with Gasteiger partial charge in [0.1, 0.15) is 0 Å². The number of nitrogens with zero attached hydrogens (tertiary/aromatic N) is 1. The molecule has 3 rings (SSSR count). The van der Waals surface area contributed by atoms with Crippen LogP contribution in [0.15, 0.2) is 18.2 Å². The van der Waals surface area contributed by atoms with Gasteiger partial charge in [-0.3, -0.25) is 0 Å². The maximum Gasteiger partial charge on any atom is 0.153 e. The largest absolute Gasteiger partial charge is 0.368 e. The molecule has 6 heteroatoms. The van der Waals surface area contributed by atoms with E-state index in [2.05, 4.69) is 16.3 Å². The second kappa shape index (κ2) is 5.54. The second-order valence-corrected chi connectivity index (χ2v) is 8.29. The molecule has 0 radical (unpaired) electrons. The van der Waals surface area contributed by atoms with Crippen molar-refractivity contribution in [2.24, 2.45) is 0 Å². The molecule has 1 heterocycles. The van der Waals surface area contributed by atoms with Gasteiger partial charge in [0.05, 0.1) is 22.2 Å². The van der Waals surface area contributed by atoms with Gasteiger partial charge in [-0.05, 0) is 30.5 Å². The van der Waals surface area contributed by atoms with E-state index in [1.807, 2.05) is 12.1 Å². The molecule has 0 unspecified atom stereocenters. The number of hydrogen-bond donors (Lipinski definition) is 1. The molecule has 0 spiro atoms. The van der Waals surface area contributed by atoms with Gasteiger partial charge >= 0.3 is 0 Å². The molecule has 1 aliphatic heterocycles. The van der Waals surface area contributed by atoms with E-state index in [1.54, 1.807) is 0 Å². The highest BCUT2D eigenvalue weighted by Gasteiger charge is 2.23. The maximum absolute atomic E-state index is 11.5. The Labute approximate surface area is 125 Å². The van der Waals surface area contributed by atoms with Crippen molar-refractivity contribution in [2.45, 2.75) is 25.4 Å². The van der Waals surface area contributed by atoms with Crippen molar-refractivity contribution in [2.75, 3.05) is 29.5 Å². The number of nitrogens with one attached hydrogen (secondary N) is 1. The lowest BCUT2D eigenvalue weighted by atomic mass is 10.2.